The van der Waals surface area contributed by atoms with E-state index in [1.165, 1.54) is 7.11 Å². The predicted molar refractivity (Wildman–Crippen MR) is 106 cm³/mol. The van der Waals surface area contributed by atoms with Crippen LogP contribution in [0.1, 0.15) is 61.3 Å². The lowest BCUT2D eigenvalue weighted by atomic mass is 10.0. The number of nitrogens with one attached hydrogen (secondary N) is 1. The maximum absolute atomic E-state index is 13.3. The number of carbonyl (C=O) groups excluding carboxylic acids is 2. The molecule has 2 unspecified atom stereocenters. The van der Waals surface area contributed by atoms with Gasteiger partial charge < -0.3 is 19.7 Å². The highest BCUT2D eigenvalue weighted by Gasteiger charge is 2.58. The highest BCUT2D eigenvalue weighted by Crippen LogP contribution is 2.58. The summed E-state index contributed by atoms with van der Waals surface area (Å²) in [4.78, 5) is 28.0. The standard InChI is InChI=1S/C20H28N2O4S/c1-6-7-8-11-21-17(23)16-20(2,3)27-19-12-9-10-13(25-4)15(26-5)14(12)18(24)22(16)19/h9-10,16,19H,6-8,11H2,1-5H3,(H,21,23). The van der Waals surface area contributed by atoms with E-state index in [1.54, 1.807) is 23.8 Å². The third-order valence-electron chi connectivity index (χ3n) is 5.22. The zero-order chi connectivity index (χ0) is 19.8. The predicted octanol–water partition coefficient (Wildman–Crippen LogP) is 3.36. The summed E-state index contributed by atoms with van der Waals surface area (Å²) in [5.74, 6) is 0.709. The Morgan fingerprint density at radius 1 is 1.26 bits per heavy atom. The number of rotatable bonds is 7. The van der Waals surface area contributed by atoms with Gasteiger partial charge in [-0.1, -0.05) is 25.8 Å². The molecule has 3 rings (SSSR count). The van der Waals surface area contributed by atoms with E-state index in [-0.39, 0.29) is 21.9 Å². The smallest absolute Gasteiger partial charge is 0.260 e. The minimum atomic E-state index is -0.523. The Hall–Kier alpha value is -1.89. The van der Waals surface area contributed by atoms with E-state index >= 15 is 0 Å². The molecule has 0 saturated carbocycles. The van der Waals surface area contributed by atoms with Crippen LogP contribution in [-0.2, 0) is 4.79 Å². The number of fused-ring (bicyclic) bond motifs is 3. The molecule has 2 aliphatic rings. The molecule has 1 N–H and O–H groups in total. The molecule has 2 aliphatic heterocycles. The van der Waals surface area contributed by atoms with E-state index in [0.717, 1.165) is 24.8 Å². The zero-order valence-electron chi connectivity index (χ0n) is 16.6. The molecule has 7 heteroatoms. The molecule has 27 heavy (non-hydrogen) atoms. The fourth-order valence-corrected chi connectivity index (χ4v) is 5.52. The number of benzene rings is 1. The molecule has 2 atom stereocenters. The minimum Gasteiger partial charge on any atom is -0.493 e. The summed E-state index contributed by atoms with van der Waals surface area (Å²) < 4.78 is 10.4. The number of hydrogen-bond donors (Lipinski definition) is 1. The number of amides is 2. The molecule has 1 aromatic carbocycles. The molecule has 2 heterocycles. The van der Waals surface area contributed by atoms with Crippen LogP contribution in [0, 0.1) is 0 Å². The quantitative estimate of drug-likeness (QED) is 0.721. The Morgan fingerprint density at radius 2 is 2.00 bits per heavy atom. The van der Waals surface area contributed by atoms with Gasteiger partial charge in [0.05, 0.1) is 19.8 Å². The van der Waals surface area contributed by atoms with Crippen LogP contribution in [0.2, 0.25) is 0 Å². The summed E-state index contributed by atoms with van der Waals surface area (Å²) in [6.45, 7) is 6.83. The van der Waals surface area contributed by atoms with Gasteiger partial charge in [-0.05, 0) is 26.3 Å². The number of methoxy groups -OCH3 is 2. The first-order valence-electron chi connectivity index (χ1n) is 9.40. The van der Waals surface area contributed by atoms with Crippen LogP contribution in [0.4, 0.5) is 0 Å². The van der Waals surface area contributed by atoms with Gasteiger partial charge >= 0.3 is 0 Å². The molecule has 0 radical (unpaired) electrons. The Labute approximate surface area is 165 Å². The second-order valence-electron chi connectivity index (χ2n) is 7.45. The monoisotopic (exact) mass is 392 g/mol. The van der Waals surface area contributed by atoms with Crippen molar-refractivity contribution in [2.24, 2.45) is 0 Å². The first kappa shape index (κ1) is 19.9. The first-order chi connectivity index (χ1) is 12.9. The average molecular weight is 393 g/mol. The normalized spacial score (nSPS) is 22.4. The van der Waals surface area contributed by atoms with Crippen molar-refractivity contribution in [3.63, 3.8) is 0 Å². The Morgan fingerprint density at radius 3 is 2.63 bits per heavy atom. The van der Waals surface area contributed by atoms with E-state index in [4.69, 9.17) is 9.47 Å². The topological polar surface area (TPSA) is 67.9 Å². The summed E-state index contributed by atoms with van der Waals surface area (Å²) in [5.41, 5.74) is 1.39. The molecule has 0 aliphatic carbocycles. The number of nitrogens with zero attached hydrogens (tertiary/aromatic N) is 1. The van der Waals surface area contributed by atoms with Crippen molar-refractivity contribution in [2.45, 2.75) is 56.2 Å². The van der Waals surface area contributed by atoms with Crippen molar-refractivity contribution in [1.29, 1.82) is 0 Å². The summed E-state index contributed by atoms with van der Waals surface area (Å²) in [6.07, 6.45) is 3.13. The van der Waals surface area contributed by atoms with Gasteiger partial charge in [0.25, 0.3) is 5.91 Å². The van der Waals surface area contributed by atoms with Gasteiger partial charge in [-0.3, -0.25) is 9.59 Å². The maximum Gasteiger partial charge on any atom is 0.260 e. The van der Waals surface area contributed by atoms with Gasteiger partial charge in [-0.15, -0.1) is 11.8 Å². The van der Waals surface area contributed by atoms with E-state index in [9.17, 15) is 9.59 Å². The second-order valence-corrected chi connectivity index (χ2v) is 9.19. The van der Waals surface area contributed by atoms with Crippen molar-refractivity contribution in [2.75, 3.05) is 20.8 Å². The fourth-order valence-electron chi connectivity index (χ4n) is 3.94. The van der Waals surface area contributed by atoms with Gasteiger partial charge in [-0.25, -0.2) is 0 Å². The largest absolute Gasteiger partial charge is 0.493 e. The van der Waals surface area contributed by atoms with Crippen LogP contribution in [0.15, 0.2) is 12.1 Å². The molecule has 1 fully saturated rings. The second kappa shape index (κ2) is 7.62. The number of thioether (sulfide) groups is 1. The van der Waals surface area contributed by atoms with Gasteiger partial charge in [0.2, 0.25) is 5.91 Å². The van der Waals surface area contributed by atoms with Crippen molar-refractivity contribution in [3.8, 4) is 11.5 Å². The maximum atomic E-state index is 13.3. The van der Waals surface area contributed by atoms with Crippen molar-refractivity contribution >= 4 is 23.6 Å². The van der Waals surface area contributed by atoms with Gasteiger partial charge in [0, 0.05) is 16.9 Å². The highest BCUT2D eigenvalue weighted by atomic mass is 32.2. The van der Waals surface area contributed by atoms with Gasteiger partial charge in [0.1, 0.15) is 11.4 Å². The van der Waals surface area contributed by atoms with Crippen molar-refractivity contribution in [3.05, 3.63) is 23.3 Å². The van der Waals surface area contributed by atoms with Crippen LogP contribution < -0.4 is 14.8 Å². The summed E-state index contributed by atoms with van der Waals surface area (Å²) in [5, 5.41) is 2.84. The first-order valence-corrected chi connectivity index (χ1v) is 10.3. The third-order valence-corrected chi connectivity index (χ3v) is 6.76. The van der Waals surface area contributed by atoms with E-state index < -0.39 is 6.04 Å². The lowest BCUT2D eigenvalue weighted by molar-refractivity contribution is -0.126. The Bertz CT molecular complexity index is 750. The van der Waals surface area contributed by atoms with Crippen molar-refractivity contribution in [1.82, 2.24) is 10.2 Å². The van der Waals surface area contributed by atoms with E-state index in [1.807, 2.05) is 26.0 Å². The summed E-state index contributed by atoms with van der Waals surface area (Å²) in [6, 6.07) is 3.20. The van der Waals surface area contributed by atoms with Crippen LogP contribution in [0.25, 0.3) is 0 Å². The lowest BCUT2D eigenvalue weighted by Crippen LogP contribution is -2.52. The molecule has 6 nitrogen and oxygen atoms in total. The molecule has 2 amide bonds. The number of hydrogen-bond acceptors (Lipinski definition) is 5. The van der Waals surface area contributed by atoms with E-state index in [2.05, 4.69) is 12.2 Å². The Balaban J connectivity index is 1.92. The van der Waals surface area contributed by atoms with Gasteiger partial charge in [-0.2, -0.15) is 0 Å². The van der Waals surface area contributed by atoms with Crippen molar-refractivity contribution < 1.29 is 19.1 Å². The SMILES string of the molecule is CCCCCNC(=O)C1N2C(=O)c3c(ccc(OC)c3OC)C2SC1(C)C. The highest BCUT2D eigenvalue weighted by molar-refractivity contribution is 8.01. The van der Waals surface area contributed by atoms with Crippen LogP contribution in [-0.4, -0.2) is 48.3 Å². The zero-order valence-corrected chi connectivity index (χ0v) is 17.4. The van der Waals surface area contributed by atoms with Crippen LogP contribution in [0.3, 0.4) is 0 Å². The third kappa shape index (κ3) is 3.26. The van der Waals surface area contributed by atoms with Crippen LogP contribution in [0.5, 0.6) is 11.5 Å². The summed E-state index contributed by atoms with van der Waals surface area (Å²) in [7, 11) is 3.08. The molecule has 1 aromatic rings. The van der Waals surface area contributed by atoms with E-state index in [0.29, 0.717) is 23.6 Å². The number of carbonyl (C=O) groups is 2. The molecule has 148 valence electrons. The molecule has 1 saturated heterocycles. The molecule has 0 spiro atoms. The number of ether oxygens (including phenoxy) is 2. The fraction of sp³-hybridized carbons (Fsp3) is 0.600. The van der Waals surface area contributed by atoms with Gasteiger partial charge in [0.15, 0.2) is 11.5 Å². The molecule has 0 aromatic heterocycles. The average Bonchev–Trinajstić information content (AvgIpc) is 3.07. The Kier molecular flexibility index (Phi) is 5.60. The number of unbranched alkanes of at least 4 members (excludes halogenated alkanes) is 2. The minimum absolute atomic E-state index is 0.0850. The van der Waals surface area contributed by atoms with Crippen LogP contribution >= 0.6 is 11.8 Å². The molecule has 0 bridgehead atoms. The molecular weight excluding hydrogens is 364 g/mol. The lowest BCUT2D eigenvalue weighted by Gasteiger charge is -2.29. The molecular formula is C20H28N2O4S. The summed E-state index contributed by atoms with van der Waals surface area (Å²) >= 11 is 1.65.